The van der Waals surface area contributed by atoms with Gasteiger partial charge in [-0.2, -0.15) is 0 Å². The minimum atomic E-state index is -0.468. The van der Waals surface area contributed by atoms with E-state index in [-0.39, 0.29) is 18.0 Å². The lowest BCUT2D eigenvalue weighted by Crippen LogP contribution is -1.99. The topological polar surface area (TPSA) is 61.6 Å². The molecule has 0 aromatic heterocycles. The summed E-state index contributed by atoms with van der Waals surface area (Å²) in [4.78, 5) is 10.5. The second-order valence-electron chi connectivity index (χ2n) is 4.13. The largest absolute Gasteiger partial charge is 0.496 e. The van der Waals surface area contributed by atoms with E-state index in [2.05, 4.69) is 31.9 Å². The lowest BCUT2D eigenvalue weighted by molar-refractivity contribution is -0.386. The predicted molar refractivity (Wildman–Crippen MR) is 85.8 cm³/mol. The number of nitro benzene ring substituents is 1. The maximum Gasteiger partial charge on any atom is 0.312 e. The van der Waals surface area contributed by atoms with Crippen LogP contribution in [0, 0.1) is 10.1 Å². The summed E-state index contributed by atoms with van der Waals surface area (Å²) in [6, 6.07) is 10.2. The van der Waals surface area contributed by atoms with Gasteiger partial charge in [0.2, 0.25) is 0 Å². The number of rotatable bonds is 5. The van der Waals surface area contributed by atoms with Gasteiger partial charge in [0.1, 0.15) is 12.4 Å². The molecule has 0 fully saturated rings. The highest BCUT2D eigenvalue weighted by Gasteiger charge is 2.15. The van der Waals surface area contributed by atoms with Crippen molar-refractivity contribution in [3.05, 3.63) is 61.0 Å². The first-order valence-electron chi connectivity index (χ1n) is 5.90. The Kier molecular flexibility index (Phi) is 5.19. The van der Waals surface area contributed by atoms with E-state index in [0.29, 0.717) is 10.2 Å². The van der Waals surface area contributed by atoms with Gasteiger partial charge in [-0.25, -0.2) is 0 Å². The smallest absolute Gasteiger partial charge is 0.312 e. The molecule has 0 spiro atoms. The zero-order valence-electron chi connectivity index (χ0n) is 11.0. The second kappa shape index (κ2) is 6.91. The fourth-order valence-corrected chi connectivity index (χ4v) is 2.65. The Morgan fingerprint density at radius 3 is 2.48 bits per heavy atom. The van der Waals surface area contributed by atoms with Crippen LogP contribution in [0.3, 0.4) is 0 Å². The van der Waals surface area contributed by atoms with Crippen molar-refractivity contribution >= 4 is 37.5 Å². The van der Waals surface area contributed by atoms with E-state index in [1.807, 2.05) is 12.1 Å². The van der Waals surface area contributed by atoms with Crippen molar-refractivity contribution in [3.63, 3.8) is 0 Å². The van der Waals surface area contributed by atoms with Crippen molar-refractivity contribution in [1.82, 2.24) is 0 Å². The molecule has 5 nitrogen and oxygen atoms in total. The molecular formula is C14H11Br2NO4. The highest BCUT2D eigenvalue weighted by atomic mass is 79.9. The molecule has 0 aliphatic rings. The number of hydrogen-bond donors (Lipinski definition) is 0. The first-order chi connectivity index (χ1) is 10.0. The number of halogens is 2. The first kappa shape index (κ1) is 15.8. The van der Waals surface area contributed by atoms with Crippen LogP contribution in [0.25, 0.3) is 0 Å². The SMILES string of the molecule is COc1ccc(COc2ccc(Br)cc2[N+](=O)[O-])cc1Br. The van der Waals surface area contributed by atoms with Gasteiger partial charge in [-0.3, -0.25) is 10.1 Å². The van der Waals surface area contributed by atoms with Crippen LogP contribution in [0.1, 0.15) is 5.56 Å². The van der Waals surface area contributed by atoms with E-state index in [9.17, 15) is 10.1 Å². The van der Waals surface area contributed by atoms with Gasteiger partial charge in [0, 0.05) is 10.5 Å². The Morgan fingerprint density at radius 1 is 1.14 bits per heavy atom. The first-order valence-corrected chi connectivity index (χ1v) is 7.49. The molecule has 2 aromatic carbocycles. The van der Waals surface area contributed by atoms with Gasteiger partial charge >= 0.3 is 5.69 Å². The van der Waals surface area contributed by atoms with E-state index >= 15 is 0 Å². The molecule has 21 heavy (non-hydrogen) atoms. The molecule has 0 saturated carbocycles. The van der Waals surface area contributed by atoms with Crippen LogP contribution in [0.2, 0.25) is 0 Å². The van der Waals surface area contributed by atoms with Gasteiger partial charge in [-0.1, -0.05) is 22.0 Å². The third-order valence-electron chi connectivity index (χ3n) is 2.73. The molecule has 0 radical (unpaired) electrons. The Labute approximate surface area is 138 Å². The molecule has 0 amide bonds. The molecule has 0 atom stereocenters. The molecular weight excluding hydrogens is 406 g/mol. The average Bonchev–Trinajstić information content (AvgIpc) is 2.46. The molecule has 0 heterocycles. The Hall–Kier alpha value is -1.60. The average molecular weight is 417 g/mol. The molecule has 0 aliphatic carbocycles. The maximum atomic E-state index is 11.0. The number of methoxy groups -OCH3 is 1. The molecule has 2 rings (SSSR count). The van der Waals surface area contributed by atoms with Crippen LogP contribution >= 0.6 is 31.9 Å². The van der Waals surface area contributed by atoms with E-state index in [1.165, 1.54) is 6.07 Å². The minimum Gasteiger partial charge on any atom is -0.496 e. The van der Waals surface area contributed by atoms with Crippen molar-refractivity contribution in [1.29, 1.82) is 0 Å². The van der Waals surface area contributed by atoms with Crippen LogP contribution in [0.4, 0.5) is 5.69 Å². The normalized spacial score (nSPS) is 10.2. The molecule has 2 aromatic rings. The third kappa shape index (κ3) is 3.95. The summed E-state index contributed by atoms with van der Waals surface area (Å²) < 4.78 is 12.1. The number of nitro groups is 1. The van der Waals surface area contributed by atoms with Gasteiger partial charge < -0.3 is 9.47 Å². The summed E-state index contributed by atoms with van der Waals surface area (Å²) in [7, 11) is 1.58. The van der Waals surface area contributed by atoms with Crippen LogP contribution in [0.15, 0.2) is 45.3 Å². The molecule has 110 valence electrons. The summed E-state index contributed by atoms with van der Waals surface area (Å²) in [5.41, 5.74) is 0.803. The minimum absolute atomic E-state index is 0.0723. The van der Waals surface area contributed by atoms with E-state index < -0.39 is 4.92 Å². The van der Waals surface area contributed by atoms with Crippen LogP contribution in [-0.2, 0) is 6.61 Å². The van der Waals surface area contributed by atoms with E-state index in [1.54, 1.807) is 25.3 Å². The number of ether oxygens (including phenoxy) is 2. The Morgan fingerprint density at radius 2 is 1.86 bits per heavy atom. The molecule has 0 N–H and O–H groups in total. The molecule has 0 aliphatic heterocycles. The lowest BCUT2D eigenvalue weighted by atomic mass is 10.2. The van der Waals surface area contributed by atoms with Crippen molar-refractivity contribution in [2.75, 3.05) is 7.11 Å². The number of nitrogens with zero attached hydrogens (tertiary/aromatic N) is 1. The second-order valence-corrected chi connectivity index (χ2v) is 5.90. The molecule has 0 saturated heterocycles. The van der Waals surface area contributed by atoms with Crippen molar-refractivity contribution < 1.29 is 14.4 Å². The van der Waals surface area contributed by atoms with E-state index in [0.717, 1.165) is 10.0 Å². The zero-order chi connectivity index (χ0) is 15.4. The number of hydrogen-bond acceptors (Lipinski definition) is 4. The molecule has 0 bridgehead atoms. The summed E-state index contributed by atoms with van der Waals surface area (Å²) in [6.45, 7) is 0.227. The standard InChI is InChI=1S/C14H11Br2NO4/c1-20-13-4-2-9(6-11(13)16)8-21-14-5-3-10(15)7-12(14)17(18)19/h2-7H,8H2,1H3. The van der Waals surface area contributed by atoms with Gasteiger partial charge in [-0.05, 0) is 45.8 Å². The van der Waals surface area contributed by atoms with Crippen LogP contribution in [0.5, 0.6) is 11.5 Å². The lowest BCUT2D eigenvalue weighted by Gasteiger charge is -2.09. The highest BCUT2D eigenvalue weighted by Crippen LogP contribution is 2.31. The van der Waals surface area contributed by atoms with Crippen molar-refractivity contribution in [2.24, 2.45) is 0 Å². The van der Waals surface area contributed by atoms with Gasteiger partial charge in [0.05, 0.1) is 16.5 Å². The van der Waals surface area contributed by atoms with Gasteiger partial charge in [-0.15, -0.1) is 0 Å². The summed E-state index contributed by atoms with van der Waals surface area (Å²) >= 11 is 6.59. The molecule has 0 unspecified atom stereocenters. The maximum absolute atomic E-state index is 11.0. The quantitative estimate of drug-likeness (QED) is 0.523. The highest BCUT2D eigenvalue weighted by molar-refractivity contribution is 9.10. The van der Waals surface area contributed by atoms with Crippen LogP contribution in [-0.4, -0.2) is 12.0 Å². The molecule has 7 heteroatoms. The fraction of sp³-hybridized carbons (Fsp3) is 0.143. The van der Waals surface area contributed by atoms with Gasteiger partial charge in [0.15, 0.2) is 5.75 Å². The number of benzene rings is 2. The monoisotopic (exact) mass is 415 g/mol. The van der Waals surface area contributed by atoms with E-state index in [4.69, 9.17) is 9.47 Å². The zero-order valence-corrected chi connectivity index (χ0v) is 14.2. The Bertz CT molecular complexity index is 676. The van der Waals surface area contributed by atoms with Crippen molar-refractivity contribution in [3.8, 4) is 11.5 Å². The van der Waals surface area contributed by atoms with Gasteiger partial charge in [0.25, 0.3) is 0 Å². The Balaban J connectivity index is 2.16. The summed E-state index contributed by atoms with van der Waals surface area (Å²) in [5, 5.41) is 11.0. The third-order valence-corrected chi connectivity index (χ3v) is 3.84. The predicted octanol–water partition coefficient (Wildman–Crippen LogP) is 4.71. The summed E-state index contributed by atoms with van der Waals surface area (Å²) in [6.07, 6.45) is 0. The summed E-state index contributed by atoms with van der Waals surface area (Å²) in [5.74, 6) is 0.948. The van der Waals surface area contributed by atoms with Crippen LogP contribution < -0.4 is 9.47 Å². The van der Waals surface area contributed by atoms with Crippen molar-refractivity contribution in [2.45, 2.75) is 6.61 Å². The fourth-order valence-electron chi connectivity index (χ4n) is 1.72.